The highest BCUT2D eigenvalue weighted by Gasteiger charge is 2.43. The number of carboxylic acids is 1. The Bertz CT molecular complexity index is 722. The number of carbonyl (C=O) groups is 1. The van der Waals surface area contributed by atoms with Gasteiger partial charge in [-0.25, -0.2) is 21.6 Å². The van der Waals surface area contributed by atoms with Crippen LogP contribution in [0.15, 0.2) is 29.2 Å². The summed E-state index contributed by atoms with van der Waals surface area (Å²) >= 11 is 0. The van der Waals surface area contributed by atoms with Crippen LogP contribution in [0.25, 0.3) is 0 Å². The fraction of sp³-hybridized carbons (Fsp3) is 0.250. The number of hydrogen-bond donors (Lipinski definition) is 2. The maximum atomic E-state index is 13.6. The molecule has 2 N–H and O–H groups in total. The number of halogens is 3. The first-order valence-electron chi connectivity index (χ1n) is 5.75. The molecule has 0 saturated heterocycles. The van der Waals surface area contributed by atoms with E-state index in [1.165, 1.54) is 12.2 Å². The summed E-state index contributed by atoms with van der Waals surface area (Å²) in [6.07, 6.45) is 2.65. The van der Waals surface area contributed by atoms with E-state index in [2.05, 4.69) is 0 Å². The molecule has 0 fully saturated rings. The van der Waals surface area contributed by atoms with Crippen molar-refractivity contribution in [1.29, 1.82) is 0 Å². The topological polar surface area (TPSA) is 83.5 Å². The third-order valence-electron chi connectivity index (χ3n) is 3.13. The maximum Gasteiger partial charge on any atom is 0.325 e. The van der Waals surface area contributed by atoms with E-state index in [4.69, 9.17) is 5.11 Å². The van der Waals surface area contributed by atoms with E-state index in [1.807, 2.05) is 4.72 Å². The average molecular weight is 321 g/mol. The van der Waals surface area contributed by atoms with Crippen LogP contribution in [0.4, 0.5) is 13.2 Å². The molecular weight excluding hydrogens is 311 g/mol. The van der Waals surface area contributed by atoms with Crippen molar-refractivity contribution >= 4 is 16.0 Å². The number of aliphatic carboxylic acids is 1. The molecule has 0 unspecified atom stereocenters. The number of sulfonamides is 1. The monoisotopic (exact) mass is 321 g/mol. The molecule has 0 atom stereocenters. The summed E-state index contributed by atoms with van der Waals surface area (Å²) in [4.78, 5) is 10.1. The lowest BCUT2D eigenvalue weighted by atomic mass is 9.99. The van der Waals surface area contributed by atoms with Crippen LogP contribution in [0.1, 0.15) is 12.8 Å². The van der Waals surface area contributed by atoms with Crippen molar-refractivity contribution in [3.8, 4) is 0 Å². The lowest BCUT2D eigenvalue weighted by Crippen LogP contribution is -2.52. The van der Waals surface area contributed by atoms with Gasteiger partial charge in [0.05, 0.1) is 0 Å². The Hall–Kier alpha value is -1.87. The predicted molar refractivity (Wildman–Crippen MR) is 65.4 cm³/mol. The molecule has 9 heteroatoms. The lowest BCUT2D eigenvalue weighted by molar-refractivity contribution is -0.143. The van der Waals surface area contributed by atoms with Crippen molar-refractivity contribution in [3.63, 3.8) is 0 Å². The minimum Gasteiger partial charge on any atom is -0.480 e. The summed E-state index contributed by atoms with van der Waals surface area (Å²) in [5.41, 5.74) is -1.85. The largest absolute Gasteiger partial charge is 0.480 e. The average Bonchev–Trinajstić information content (AvgIpc) is 2.84. The first kappa shape index (κ1) is 15.5. The minimum absolute atomic E-state index is 0.132. The van der Waals surface area contributed by atoms with Gasteiger partial charge in [-0.15, -0.1) is 0 Å². The summed E-state index contributed by atoms with van der Waals surface area (Å²) in [6.45, 7) is 0. The highest BCUT2D eigenvalue weighted by Crippen LogP contribution is 2.28. The van der Waals surface area contributed by atoms with Gasteiger partial charge < -0.3 is 5.11 Å². The van der Waals surface area contributed by atoms with Crippen molar-refractivity contribution in [2.75, 3.05) is 0 Å². The highest BCUT2D eigenvalue weighted by molar-refractivity contribution is 7.89. The summed E-state index contributed by atoms with van der Waals surface area (Å²) in [6, 6.07) is 0.987. The molecule has 21 heavy (non-hydrogen) atoms. The minimum atomic E-state index is -4.67. The normalized spacial score (nSPS) is 17.1. The van der Waals surface area contributed by atoms with Gasteiger partial charge in [-0.1, -0.05) is 12.2 Å². The van der Waals surface area contributed by atoms with Crippen molar-refractivity contribution in [1.82, 2.24) is 4.72 Å². The van der Waals surface area contributed by atoms with Gasteiger partial charge in [0.15, 0.2) is 17.5 Å². The van der Waals surface area contributed by atoms with Gasteiger partial charge in [0, 0.05) is 0 Å². The Balaban J connectivity index is 2.44. The van der Waals surface area contributed by atoms with Crippen LogP contribution in [0.3, 0.4) is 0 Å². The molecule has 1 aliphatic rings. The van der Waals surface area contributed by atoms with E-state index in [0.717, 1.165) is 0 Å². The number of benzene rings is 1. The molecular formula is C12H10F3NO4S. The number of nitrogens with one attached hydrogen (secondary N) is 1. The van der Waals surface area contributed by atoms with Gasteiger partial charge in [-0.05, 0) is 25.0 Å². The van der Waals surface area contributed by atoms with E-state index in [-0.39, 0.29) is 12.8 Å². The molecule has 2 rings (SSSR count). The van der Waals surface area contributed by atoms with E-state index in [0.29, 0.717) is 12.1 Å². The van der Waals surface area contributed by atoms with E-state index in [1.54, 1.807) is 0 Å². The van der Waals surface area contributed by atoms with Crippen molar-refractivity contribution < 1.29 is 31.5 Å². The van der Waals surface area contributed by atoms with Gasteiger partial charge >= 0.3 is 5.97 Å². The third-order valence-corrected chi connectivity index (χ3v) is 4.68. The van der Waals surface area contributed by atoms with Gasteiger partial charge in [-0.3, -0.25) is 4.79 Å². The number of hydrogen-bond acceptors (Lipinski definition) is 3. The molecule has 114 valence electrons. The Morgan fingerprint density at radius 1 is 1.14 bits per heavy atom. The number of carboxylic acid groups (broad SMARTS) is 1. The molecule has 0 bridgehead atoms. The van der Waals surface area contributed by atoms with Crippen molar-refractivity contribution in [2.45, 2.75) is 23.3 Å². The van der Waals surface area contributed by atoms with Crippen LogP contribution in [0, 0.1) is 17.5 Å². The van der Waals surface area contributed by atoms with E-state index >= 15 is 0 Å². The molecule has 0 aromatic heterocycles. The molecule has 0 radical (unpaired) electrons. The molecule has 1 aromatic carbocycles. The maximum absolute atomic E-state index is 13.6. The Kier molecular flexibility index (Phi) is 3.81. The second kappa shape index (κ2) is 5.15. The van der Waals surface area contributed by atoms with Crippen molar-refractivity contribution in [2.24, 2.45) is 0 Å². The van der Waals surface area contributed by atoms with Gasteiger partial charge in [0.25, 0.3) is 0 Å². The molecule has 0 saturated carbocycles. The molecule has 0 aliphatic heterocycles. The van der Waals surface area contributed by atoms with Crippen LogP contribution < -0.4 is 4.72 Å². The van der Waals surface area contributed by atoms with Crippen LogP contribution in [-0.4, -0.2) is 25.0 Å². The number of rotatable bonds is 4. The van der Waals surface area contributed by atoms with Crippen molar-refractivity contribution in [3.05, 3.63) is 41.7 Å². The molecule has 1 aromatic rings. The standard InChI is InChI=1S/C12H10F3NO4S/c13-7-3-4-8(10(15)9(7)14)21(19,20)16-12(11(17)18)5-1-2-6-12/h1-4,16H,5-6H2,(H,17,18). The second-order valence-corrected chi connectivity index (χ2v) is 6.20. The van der Waals surface area contributed by atoms with Crippen LogP contribution in [-0.2, 0) is 14.8 Å². The molecule has 1 aliphatic carbocycles. The van der Waals surface area contributed by atoms with Gasteiger partial charge in [-0.2, -0.15) is 4.72 Å². The Morgan fingerprint density at radius 2 is 1.71 bits per heavy atom. The first-order valence-corrected chi connectivity index (χ1v) is 7.24. The highest BCUT2D eigenvalue weighted by atomic mass is 32.2. The molecule has 0 heterocycles. The zero-order chi connectivity index (χ0) is 15.8. The third kappa shape index (κ3) is 2.66. The fourth-order valence-electron chi connectivity index (χ4n) is 1.98. The van der Waals surface area contributed by atoms with Crippen LogP contribution >= 0.6 is 0 Å². The lowest BCUT2D eigenvalue weighted by Gasteiger charge is -2.25. The van der Waals surface area contributed by atoms with Crippen LogP contribution in [0.5, 0.6) is 0 Å². The Labute approximate surface area is 118 Å². The second-order valence-electron chi connectivity index (χ2n) is 4.55. The SMILES string of the molecule is O=C(O)C1(NS(=O)(=O)c2ccc(F)c(F)c2F)CC=CC1. The zero-order valence-corrected chi connectivity index (χ0v) is 11.3. The van der Waals surface area contributed by atoms with Gasteiger partial charge in [0.1, 0.15) is 10.4 Å². The van der Waals surface area contributed by atoms with E-state index < -0.39 is 43.9 Å². The quantitative estimate of drug-likeness (QED) is 0.651. The van der Waals surface area contributed by atoms with Crippen LogP contribution in [0.2, 0.25) is 0 Å². The summed E-state index contributed by atoms with van der Waals surface area (Å²) < 4.78 is 65.5. The molecule has 0 spiro atoms. The summed E-state index contributed by atoms with van der Waals surface area (Å²) in [7, 11) is -4.67. The summed E-state index contributed by atoms with van der Waals surface area (Å²) in [5, 5.41) is 9.15. The van der Waals surface area contributed by atoms with Gasteiger partial charge in [0.2, 0.25) is 10.0 Å². The summed E-state index contributed by atoms with van der Waals surface area (Å²) in [5.74, 6) is -6.82. The molecule has 5 nitrogen and oxygen atoms in total. The first-order chi connectivity index (χ1) is 9.69. The van der Waals surface area contributed by atoms with E-state index in [9.17, 15) is 26.4 Å². The fourth-order valence-corrected chi connectivity index (χ4v) is 3.43. The molecule has 0 amide bonds. The predicted octanol–water partition coefficient (Wildman–Crippen LogP) is 1.56. The smallest absolute Gasteiger partial charge is 0.325 e. The zero-order valence-electron chi connectivity index (χ0n) is 10.4. The Morgan fingerprint density at radius 3 is 2.24 bits per heavy atom.